The largest absolute Gasteiger partial charge is 0.329 e. The molecule has 1 aromatic carbocycles. The number of hydrogen-bond acceptors (Lipinski definition) is 2. The van der Waals surface area contributed by atoms with Crippen molar-refractivity contribution in [2.45, 2.75) is 12.8 Å². The molecule has 5 heteroatoms. The fraction of sp³-hybridized carbons (Fsp3) is 0.417. The van der Waals surface area contributed by atoms with Gasteiger partial charge in [0.05, 0.1) is 5.69 Å². The van der Waals surface area contributed by atoms with Gasteiger partial charge in [-0.25, -0.2) is 8.78 Å². The first-order chi connectivity index (χ1) is 8.13. The summed E-state index contributed by atoms with van der Waals surface area (Å²) in [6.45, 7) is 0.493. The Morgan fingerprint density at radius 1 is 1.41 bits per heavy atom. The zero-order valence-electron chi connectivity index (χ0n) is 9.33. The minimum Gasteiger partial charge on any atom is -0.329 e. The molecule has 0 unspecified atom stereocenters. The molecule has 0 bridgehead atoms. The van der Waals surface area contributed by atoms with Crippen LogP contribution in [0.15, 0.2) is 18.2 Å². The molecule has 92 valence electrons. The quantitative estimate of drug-likeness (QED) is 0.870. The Kier molecular flexibility index (Phi) is 3.38. The number of benzene rings is 1. The van der Waals surface area contributed by atoms with Crippen molar-refractivity contribution in [2.75, 3.05) is 18.0 Å². The molecule has 17 heavy (non-hydrogen) atoms. The first-order valence-corrected chi connectivity index (χ1v) is 5.60. The fourth-order valence-corrected chi connectivity index (χ4v) is 1.73. The van der Waals surface area contributed by atoms with Crippen LogP contribution in [0.5, 0.6) is 0 Å². The third-order valence-corrected chi connectivity index (χ3v) is 2.75. The number of nitrogens with zero attached hydrogens (tertiary/aromatic N) is 1. The summed E-state index contributed by atoms with van der Waals surface area (Å²) < 4.78 is 26.4. The van der Waals surface area contributed by atoms with E-state index in [1.807, 2.05) is 0 Å². The van der Waals surface area contributed by atoms with Crippen molar-refractivity contribution in [3.05, 3.63) is 29.8 Å². The number of hydrogen-bond donors (Lipinski definition) is 1. The summed E-state index contributed by atoms with van der Waals surface area (Å²) in [7, 11) is 0. The highest BCUT2D eigenvalue weighted by Gasteiger charge is 2.34. The standard InChI is InChI=1S/C12H14F2N2O/c13-9-3-4-11(10(14)7-9)16(6-5-15)12(17)8-1-2-8/h3-4,7-8H,1-2,5-6,15H2. The van der Waals surface area contributed by atoms with E-state index in [1.165, 1.54) is 11.0 Å². The van der Waals surface area contributed by atoms with Gasteiger partial charge >= 0.3 is 0 Å². The van der Waals surface area contributed by atoms with E-state index >= 15 is 0 Å². The number of anilines is 1. The predicted octanol–water partition coefficient (Wildman–Crippen LogP) is 1.67. The van der Waals surface area contributed by atoms with Crippen LogP contribution in [0.4, 0.5) is 14.5 Å². The van der Waals surface area contributed by atoms with Gasteiger partial charge in [0.25, 0.3) is 0 Å². The lowest BCUT2D eigenvalue weighted by Gasteiger charge is -2.22. The SMILES string of the molecule is NCCN(C(=O)C1CC1)c1ccc(F)cc1F. The molecular weight excluding hydrogens is 226 g/mol. The monoisotopic (exact) mass is 240 g/mol. The Balaban J connectivity index is 2.27. The van der Waals surface area contributed by atoms with E-state index in [1.54, 1.807) is 0 Å². The predicted molar refractivity (Wildman–Crippen MR) is 60.5 cm³/mol. The van der Waals surface area contributed by atoms with Gasteiger partial charge in [-0.15, -0.1) is 0 Å². The lowest BCUT2D eigenvalue weighted by atomic mass is 10.2. The molecule has 0 aliphatic heterocycles. The Bertz CT molecular complexity index is 433. The van der Waals surface area contributed by atoms with Crippen LogP contribution in [-0.4, -0.2) is 19.0 Å². The summed E-state index contributed by atoms with van der Waals surface area (Å²) in [6.07, 6.45) is 1.67. The molecule has 1 aromatic rings. The molecule has 1 aliphatic rings. The molecule has 1 saturated carbocycles. The summed E-state index contributed by atoms with van der Waals surface area (Å²) in [5, 5.41) is 0. The average molecular weight is 240 g/mol. The van der Waals surface area contributed by atoms with E-state index in [0.717, 1.165) is 25.0 Å². The normalized spacial score (nSPS) is 14.8. The van der Waals surface area contributed by atoms with Crippen LogP contribution in [0.3, 0.4) is 0 Å². The lowest BCUT2D eigenvalue weighted by Crippen LogP contribution is -2.37. The van der Waals surface area contributed by atoms with E-state index in [-0.39, 0.29) is 30.6 Å². The van der Waals surface area contributed by atoms with Crippen molar-refractivity contribution in [3.63, 3.8) is 0 Å². The molecule has 0 radical (unpaired) electrons. The summed E-state index contributed by atoms with van der Waals surface area (Å²) in [4.78, 5) is 13.3. The van der Waals surface area contributed by atoms with Crippen molar-refractivity contribution in [3.8, 4) is 0 Å². The van der Waals surface area contributed by atoms with Crippen LogP contribution in [0.25, 0.3) is 0 Å². The number of rotatable bonds is 4. The van der Waals surface area contributed by atoms with Gasteiger partial charge in [0.1, 0.15) is 11.6 Å². The Morgan fingerprint density at radius 2 is 2.12 bits per heavy atom. The maximum atomic E-state index is 13.6. The van der Waals surface area contributed by atoms with Gasteiger partial charge in [0.15, 0.2) is 0 Å². The second-order valence-electron chi connectivity index (χ2n) is 4.15. The summed E-state index contributed by atoms with van der Waals surface area (Å²) >= 11 is 0. The van der Waals surface area contributed by atoms with Crippen LogP contribution in [-0.2, 0) is 4.79 Å². The Hall–Kier alpha value is -1.49. The van der Waals surface area contributed by atoms with Crippen molar-refractivity contribution in [1.29, 1.82) is 0 Å². The third-order valence-electron chi connectivity index (χ3n) is 2.75. The molecular formula is C12H14F2N2O. The molecule has 1 aliphatic carbocycles. The third kappa shape index (κ3) is 2.61. The van der Waals surface area contributed by atoms with E-state index < -0.39 is 11.6 Å². The average Bonchev–Trinajstić information content (AvgIpc) is 3.10. The number of nitrogens with two attached hydrogens (primary N) is 1. The highest BCUT2D eigenvalue weighted by atomic mass is 19.1. The highest BCUT2D eigenvalue weighted by Crippen LogP contribution is 2.33. The molecule has 1 fully saturated rings. The molecule has 2 rings (SSSR count). The van der Waals surface area contributed by atoms with Crippen LogP contribution >= 0.6 is 0 Å². The Morgan fingerprint density at radius 3 is 2.65 bits per heavy atom. The highest BCUT2D eigenvalue weighted by molar-refractivity contribution is 5.96. The lowest BCUT2D eigenvalue weighted by molar-refractivity contribution is -0.119. The van der Waals surface area contributed by atoms with Crippen LogP contribution < -0.4 is 10.6 Å². The van der Waals surface area contributed by atoms with Gasteiger partial charge < -0.3 is 10.6 Å². The van der Waals surface area contributed by atoms with E-state index in [9.17, 15) is 13.6 Å². The zero-order chi connectivity index (χ0) is 12.4. The van der Waals surface area contributed by atoms with Crippen LogP contribution in [0.2, 0.25) is 0 Å². The molecule has 0 spiro atoms. The second kappa shape index (κ2) is 4.79. The van der Waals surface area contributed by atoms with Crippen LogP contribution in [0.1, 0.15) is 12.8 Å². The topological polar surface area (TPSA) is 46.3 Å². The fourth-order valence-electron chi connectivity index (χ4n) is 1.73. The van der Waals surface area contributed by atoms with Crippen molar-refractivity contribution in [2.24, 2.45) is 11.7 Å². The van der Waals surface area contributed by atoms with Crippen LogP contribution in [0, 0.1) is 17.6 Å². The van der Waals surface area contributed by atoms with Gasteiger partial charge in [-0.05, 0) is 25.0 Å². The summed E-state index contributed by atoms with van der Waals surface area (Å²) in [5.74, 6) is -1.53. The van der Waals surface area contributed by atoms with Gasteiger partial charge in [-0.2, -0.15) is 0 Å². The first-order valence-electron chi connectivity index (χ1n) is 5.60. The van der Waals surface area contributed by atoms with Gasteiger partial charge in [-0.1, -0.05) is 0 Å². The summed E-state index contributed by atoms with van der Waals surface area (Å²) in [6, 6.07) is 3.20. The number of carbonyl (C=O) groups is 1. The maximum Gasteiger partial charge on any atom is 0.230 e. The van der Waals surface area contributed by atoms with E-state index in [0.29, 0.717) is 0 Å². The molecule has 0 heterocycles. The minimum absolute atomic E-state index is 0.0222. The number of amides is 1. The summed E-state index contributed by atoms with van der Waals surface area (Å²) in [5.41, 5.74) is 5.52. The van der Waals surface area contributed by atoms with Crippen molar-refractivity contribution >= 4 is 11.6 Å². The van der Waals surface area contributed by atoms with E-state index in [2.05, 4.69) is 0 Å². The van der Waals surface area contributed by atoms with Crippen molar-refractivity contribution < 1.29 is 13.6 Å². The Labute approximate surface area is 98.2 Å². The number of carbonyl (C=O) groups excluding carboxylic acids is 1. The maximum absolute atomic E-state index is 13.6. The smallest absolute Gasteiger partial charge is 0.230 e. The first kappa shape index (κ1) is 12.0. The van der Waals surface area contributed by atoms with Gasteiger partial charge in [0, 0.05) is 25.1 Å². The number of halogens is 2. The molecule has 0 saturated heterocycles. The molecule has 0 aromatic heterocycles. The van der Waals surface area contributed by atoms with E-state index in [4.69, 9.17) is 5.73 Å². The molecule has 2 N–H and O–H groups in total. The molecule has 1 amide bonds. The molecule has 0 atom stereocenters. The zero-order valence-corrected chi connectivity index (χ0v) is 9.33. The van der Waals surface area contributed by atoms with Gasteiger partial charge in [-0.3, -0.25) is 4.79 Å². The second-order valence-corrected chi connectivity index (χ2v) is 4.15. The molecule has 3 nitrogen and oxygen atoms in total. The van der Waals surface area contributed by atoms with Gasteiger partial charge in [0.2, 0.25) is 5.91 Å². The minimum atomic E-state index is -0.729. The van der Waals surface area contributed by atoms with Crippen molar-refractivity contribution in [1.82, 2.24) is 0 Å².